The van der Waals surface area contributed by atoms with Gasteiger partial charge in [-0.15, -0.1) is 11.3 Å². The van der Waals surface area contributed by atoms with E-state index in [2.05, 4.69) is 24.5 Å². The smallest absolute Gasteiger partial charge is 0.243 e. The summed E-state index contributed by atoms with van der Waals surface area (Å²) in [6.07, 6.45) is 1.04. The molecule has 0 unspecified atom stereocenters. The van der Waals surface area contributed by atoms with Crippen LogP contribution in [0.4, 0.5) is 0 Å². The maximum Gasteiger partial charge on any atom is 0.243 e. The van der Waals surface area contributed by atoms with Gasteiger partial charge >= 0.3 is 0 Å². The Morgan fingerprint density at radius 1 is 1.56 bits per heavy atom. The van der Waals surface area contributed by atoms with Crippen molar-refractivity contribution in [2.75, 3.05) is 0 Å². The van der Waals surface area contributed by atoms with Crippen molar-refractivity contribution in [1.82, 2.24) is 10.6 Å². The van der Waals surface area contributed by atoms with Gasteiger partial charge in [0.2, 0.25) is 11.8 Å². The second-order valence-electron chi connectivity index (χ2n) is 4.90. The summed E-state index contributed by atoms with van der Waals surface area (Å²) in [6.45, 7) is 4.16. The number of hydrogen-bond acceptors (Lipinski definition) is 3. The second-order valence-corrected chi connectivity index (χ2v) is 5.88. The number of rotatable bonds is 4. The van der Waals surface area contributed by atoms with Gasteiger partial charge in [-0.2, -0.15) is 0 Å². The maximum atomic E-state index is 12.1. The van der Waals surface area contributed by atoms with E-state index in [1.807, 2.05) is 17.5 Å². The molecule has 2 N–H and O–H groups in total. The summed E-state index contributed by atoms with van der Waals surface area (Å²) in [6, 6.07) is 3.68. The Hall–Kier alpha value is -1.36. The van der Waals surface area contributed by atoms with Crippen LogP contribution >= 0.6 is 11.3 Å². The number of nitrogens with one attached hydrogen (secondary N) is 2. The summed E-state index contributed by atoms with van der Waals surface area (Å²) in [4.78, 5) is 24.4. The van der Waals surface area contributed by atoms with Crippen LogP contribution in [-0.2, 0) is 9.59 Å². The highest BCUT2D eigenvalue weighted by atomic mass is 32.1. The molecule has 0 bridgehead atoms. The third-order valence-electron chi connectivity index (χ3n) is 3.13. The van der Waals surface area contributed by atoms with Crippen LogP contribution in [0.2, 0.25) is 0 Å². The monoisotopic (exact) mass is 266 g/mol. The molecule has 1 saturated heterocycles. The molecule has 1 aromatic heterocycles. The first-order valence-electron chi connectivity index (χ1n) is 6.21. The summed E-state index contributed by atoms with van der Waals surface area (Å²) in [5, 5.41) is 7.74. The Balaban J connectivity index is 2.01. The topological polar surface area (TPSA) is 58.2 Å². The van der Waals surface area contributed by atoms with E-state index < -0.39 is 0 Å². The predicted octanol–water partition coefficient (Wildman–Crippen LogP) is 1.84. The number of hydrogen-bond donors (Lipinski definition) is 2. The van der Waals surface area contributed by atoms with Gasteiger partial charge in [0, 0.05) is 11.3 Å². The molecule has 1 aliphatic heterocycles. The van der Waals surface area contributed by atoms with Gasteiger partial charge in [-0.3, -0.25) is 9.59 Å². The number of thiophene rings is 1. The van der Waals surface area contributed by atoms with E-state index >= 15 is 0 Å². The minimum atomic E-state index is -0.362. The molecule has 0 radical (unpaired) electrons. The standard InChI is InChI=1S/C13H18N2O2S/c1-8(2)12(10-4-3-7-18-10)15-13(17)9-5-6-11(16)14-9/h3-4,7-9,12H,5-6H2,1-2H3,(H,14,16)(H,15,17)/t9-,12+/m0/s1. The van der Waals surface area contributed by atoms with Crippen molar-refractivity contribution < 1.29 is 9.59 Å². The highest BCUT2D eigenvalue weighted by molar-refractivity contribution is 7.10. The maximum absolute atomic E-state index is 12.1. The Morgan fingerprint density at radius 3 is 2.83 bits per heavy atom. The molecule has 98 valence electrons. The molecule has 5 heteroatoms. The van der Waals surface area contributed by atoms with Crippen molar-refractivity contribution >= 4 is 23.2 Å². The van der Waals surface area contributed by atoms with Crippen molar-refractivity contribution in [3.8, 4) is 0 Å². The van der Waals surface area contributed by atoms with Crippen molar-refractivity contribution in [1.29, 1.82) is 0 Å². The molecular formula is C13H18N2O2S. The van der Waals surface area contributed by atoms with Crippen molar-refractivity contribution in [2.45, 2.75) is 38.8 Å². The van der Waals surface area contributed by atoms with E-state index in [0.717, 1.165) is 4.88 Å². The highest BCUT2D eigenvalue weighted by Crippen LogP contribution is 2.26. The molecular weight excluding hydrogens is 248 g/mol. The number of amides is 2. The zero-order valence-corrected chi connectivity index (χ0v) is 11.4. The average Bonchev–Trinajstić information content (AvgIpc) is 2.95. The number of carbonyl (C=O) groups excluding carboxylic acids is 2. The Kier molecular flexibility index (Phi) is 4.01. The highest BCUT2D eigenvalue weighted by Gasteiger charge is 2.29. The van der Waals surface area contributed by atoms with Crippen LogP contribution in [0.3, 0.4) is 0 Å². The van der Waals surface area contributed by atoms with Gasteiger partial charge in [0.15, 0.2) is 0 Å². The molecule has 1 fully saturated rings. The first-order chi connectivity index (χ1) is 8.58. The van der Waals surface area contributed by atoms with Crippen LogP contribution in [-0.4, -0.2) is 17.9 Å². The van der Waals surface area contributed by atoms with Crippen LogP contribution in [0.5, 0.6) is 0 Å². The van der Waals surface area contributed by atoms with Crippen LogP contribution in [0.15, 0.2) is 17.5 Å². The summed E-state index contributed by atoms with van der Waals surface area (Å²) < 4.78 is 0. The van der Waals surface area contributed by atoms with Crippen LogP contribution in [0, 0.1) is 5.92 Å². The van der Waals surface area contributed by atoms with E-state index in [1.54, 1.807) is 11.3 Å². The lowest BCUT2D eigenvalue weighted by molar-refractivity contribution is -0.126. The molecule has 2 rings (SSSR count). The van der Waals surface area contributed by atoms with Gasteiger partial charge in [0.25, 0.3) is 0 Å². The van der Waals surface area contributed by atoms with Gasteiger partial charge in [-0.1, -0.05) is 19.9 Å². The molecule has 4 nitrogen and oxygen atoms in total. The largest absolute Gasteiger partial charge is 0.346 e. The normalized spacial score (nSPS) is 20.8. The van der Waals surface area contributed by atoms with E-state index in [1.165, 1.54) is 0 Å². The summed E-state index contributed by atoms with van der Waals surface area (Å²) >= 11 is 1.64. The molecule has 0 aliphatic carbocycles. The lowest BCUT2D eigenvalue weighted by Gasteiger charge is -2.23. The van der Waals surface area contributed by atoms with Gasteiger partial charge in [0.05, 0.1) is 6.04 Å². The third-order valence-corrected chi connectivity index (χ3v) is 4.08. The molecule has 1 aromatic rings. The molecule has 0 spiro atoms. The number of carbonyl (C=O) groups is 2. The SMILES string of the molecule is CC(C)[C@@H](NC(=O)[C@@H]1CCC(=O)N1)c1cccs1. The molecule has 2 atom stereocenters. The quantitative estimate of drug-likeness (QED) is 0.873. The Labute approximate surface area is 111 Å². The van der Waals surface area contributed by atoms with Crippen molar-refractivity contribution in [3.05, 3.63) is 22.4 Å². The fourth-order valence-electron chi connectivity index (χ4n) is 2.10. The minimum absolute atomic E-state index is 0.0232. The zero-order valence-electron chi connectivity index (χ0n) is 10.6. The van der Waals surface area contributed by atoms with Gasteiger partial charge in [0.1, 0.15) is 6.04 Å². The fourth-order valence-corrected chi connectivity index (χ4v) is 3.05. The Bertz CT molecular complexity index is 428. The lowest BCUT2D eigenvalue weighted by Crippen LogP contribution is -2.44. The first kappa shape index (κ1) is 13.1. The van der Waals surface area contributed by atoms with Crippen molar-refractivity contribution in [3.63, 3.8) is 0 Å². The molecule has 0 saturated carbocycles. The molecule has 0 aromatic carbocycles. The summed E-state index contributed by atoms with van der Waals surface area (Å²) in [5.41, 5.74) is 0. The summed E-state index contributed by atoms with van der Waals surface area (Å²) in [7, 11) is 0. The van der Waals surface area contributed by atoms with E-state index in [0.29, 0.717) is 18.8 Å². The average molecular weight is 266 g/mol. The van der Waals surface area contributed by atoms with E-state index in [4.69, 9.17) is 0 Å². The third kappa shape index (κ3) is 2.90. The molecule has 2 heterocycles. The minimum Gasteiger partial charge on any atom is -0.346 e. The van der Waals surface area contributed by atoms with Crippen molar-refractivity contribution in [2.24, 2.45) is 5.92 Å². The second kappa shape index (κ2) is 5.52. The van der Waals surface area contributed by atoms with Gasteiger partial charge < -0.3 is 10.6 Å². The first-order valence-corrected chi connectivity index (χ1v) is 7.09. The molecule has 2 amide bonds. The Morgan fingerprint density at radius 2 is 2.33 bits per heavy atom. The predicted molar refractivity (Wildman–Crippen MR) is 71.2 cm³/mol. The summed E-state index contributed by atoms with van der Waals surface area (Å²) in [5.74, 6) is 0.213. The van der Waals surface area contributed by atoms with Crippen LogP contribution in [0.1, 0.15) is 37.6 Å². The molecule has 1 aliphatic rings. The zero-order chi connectivity index (χ0) is 13.1. The van der Waals surface area contributed by atoms with E-state index in [9.17, 15) is 9.59 Å². The van der Waals surface area contributed by atoms with Gasteiger partial charge in [-0.05, 0) is 23.8 Å². The van der Waals surface area contributed by atoms with Crippen LogP contribution in [0.25, 0.3) is 0 Å². The van der Waals surface area contributed by atoms with Gasteiger partial charge in [-0.25, -0.2) is 0 Å². The van der Waals surface area contributed by atoms with E-state index in [-0.39, 0.29) is 23.9 Å². The lowest BCUT2D eigenvalue weighted by atomic mass is 10.0. The van der Waals surface area contributed by atoms with Crippen LogP contribution < -0.4 is 10.6 Å². The fraction of sp³-hybridized carbons (Fsp3) is 0.538. The molecule has 18 heavy (non-hydrogen) atoms.